The van der Waals surface area contributed by atoms with Crippen molar-refractivity contribution >= 4 is 52.5 Å². The van der Waals surface area contributed by atoms with E-state index in [0.717, 1.165) is 18.7 Å². The largest absolute Gasteiger partial charge is 0.468 e. The van der Waals surface area contributed by atoms with Gasteiger partial charge in [0.1, 0.15) is 70.5 Å². The molecule has 3 rings (SSSR count). The van der Waals surface area contributed by atoms with E-state index >= 15 is 0 Å². The van der Waals surface area contributed by atoms with Crippen molar-refractivity contribution in [3.63, 3.8) is 0 Å². The third-order valence-corrected chi connectivity index (χ3v) is 11.0. The van der Waals surface area contributed by atoms with E-state index in [9.17, 15) is 42.0 Å². The first-order valence-electron chi connectivity index (χ1n) is 24.8. The van der Waals surface area contributed by atoms with E-state index in [1.165, 1.54) is 13.3 Å². The summed E-state index contributed by atoms with van der Waals surface area (Å²) in [4.78, 5) is 95.6. The lowest BCUT2D eigenvalue weighted by molar-refractivity contribution is -0.288. The maximum Gasteiger partial charge on any atom is 0.410 e. The Balaban J connectivity index is 2.46. The normalized spacial score (nSPS) is 27.4. The van der Waals surface area contributed by atoms with Crippen LogP contribution >= 0.6 is 0 Å². The molecule has 1 saturated heterocycles. The number of carbonyl (C=O) groups is 7. The van der Waals surface area contributed by atoms with Crippen molar-refractivity contribution in [3.8, 4) is 0 Å². The molecule has 0 radical (unpaired) electrons. The van der Waals surface area contributed by atoms with Crippen molar-refractivity contribution < 1.29 is 98.3 Å². The van der Waals surface area contributed by atoms with Gasteiger partial charge in [-0.2, -0.15) is 8.42 Å². The average Bonchev–Trinajstić information content (AvgIpc) is 3.18. The number of alkyl carbamates (subject to hydrolysis) is 4. The highest BCUT2D eigenvalue weighted by Crippen LogP contribution is 2.38. The van der Waals surface area contributed by atoms with E-state index in [4.69, 9.17) is 56.3 Å². The lowest BCUT2D eigenvalue weighted by Gasteiger charge is -2.52. The van der Waals surface area contributed by atoms with Crippen LogP contribution in [-0.4, -0.2) is 177 Å². The van der Waals surface area contributed by atoms with Crippen LogP contribution in [-0.2, 0) is 76.0 Å². The Morgan fingerprint density at radius 3 is 1.45 bits per heavy atom. The zero-order valence-corrected chi connectivity index (χ0v) is 48.4. The molecule has 4 N–H and O–H groups in total. The lowest BCUT2D eigenvalue weighted by atomic mass is 9.80. The van der Waals surface area contributed by atoms with Crippen molar-refractivity contribution in [3.05, 3.63) is 11.8 Å². The molecule has 5 amide bonds. The zero-order chi connectivity index (χ0) is 58.3. The van der Waals surface area contributed by atoms with Gasteiger partial charge in [0, 0.05) is 27.4 Å². The van der Waals surface area contributed by atoms with Gasteiger partial charge in [0.05, 0.1) is 24.7 Å². The molecule has 1 saturated carbocycles. The molecular weight excluding hydrogens is 1030 g/mol. The summed E-state index contributed by atoms with van der Waals surface area (Å²) in [7, 11) is -3.35. The predicted octanol–water partition coefficient (Wildman–Crippen LogP) is 5.18. The molecule has 2 heterocycles. The van der Waals surface area contributed by atoms with Crippen LogP contribution in [0.25, 0.3) is 0 Å². The topological polar surface area (TPSA) is 316 Å². The second-order valence-electron chi connectivity index (χ2n) is 23.7. The molecule has 0 bridgehead atoms. The van der Waals surface area contributed by atoms with Crippen LogP contribution in [0, 0.1) is 0 Å². The SMILES string of the molecule is CC(=O)OC1[C@H](NC(=O)OC(C)(C)C)C(O[C@@H]2O[C@H](CNC(=O)OC(C)(C)C)CCC2NC(=O)OC(C)(C)C)C(OS(C)(=O)=O)[C@H](O[C@@H]2OC=C(C)[C@H](N(C)C(=O)OC(C)(C)C)C2OC(C)=O)[C@@H]1NC(=O)OC(C)(C)C. The third kappa shape index (κ3) is 21.9. The van der Waals surface area contributed by atoms with Crippen molar-refractivity contribution in [2.45, 2.75) is 239 Å². The predicted molar refractivity (Wildman–Crippen MR) is 269 cm³/mol. The molecule has 26 nitrogen and oxygen atoms in total. The Bertz CT molecular complexity index is 2210. The number of ether oxygens (including phenoxy) is 11. The Morgan fingerprint density at radius 1 is 0.592 bits per heavy atom. The highest BCUT2D eigenvalue weighted by molar-refractivity contribution is 7.86. The highest BCUT2D eigenvalue weighted by Gasteiger charge is 2.60. The van der Waals surface area contributed by atoms with E-state index in [1.54, 1.807) is 111 Å². The van der Waals surface area contributed by atoms with E-state index in [1.807, 2.05) is 0 Å². The summed E-state index contributed by atoms with van der Waals surface area (Å²) in [6, 6.07) is -6.01. The first-order chi connectivity index (χ1) is 34.4. The second kappa shape index (κ2) is 25.4. The van der Waals surface area contributed by atoms with Gasteiger partial charge in [-0.25, -0.2) is 24.0 Å². The fraction of sp³-hybridized carbons (Fsp3) is 0.816. The van der Waals surface area contributed by atoms with Crippen LogP contribution in [0.15, 0.2) is 11.8 Å². The minimum absolute atomic E-state index is 0.0629. The number of nitrogens with zero attached hydrogens (tertiary/aromatic N) is 1. The van der Waals surface area contributed by atoms with Crippen LogP contribution in [0.3, 0.4) is 0 Å². The first-order valence-corrected chi connectivity index (χ1v) is 26.6. The maximum absolute atomic E-state index is 14.1. The summed E-state index contributed by atoms with van der Waals surface area (Å²) in [5.41, 5.74) is -4.86. The number of carbonyl (C=O) groups excluding carboxylic acids is 7. The smallest absolute Gasteiger partial charge is 0.410 e. The second-order valence-corrected chi connectivity index (χ2v) is 25.3. The van der Waals surface area contributed by atoms with E-state index in [-0.39, 0.29) is 19.4 Å². The van der Waals surface area contributed by atoms with Crippen molar-refractivity contribution in [2.24, 2.45) is 0 Å². The Morgan fingerprint density at radius 2 is 1.01 bits per heavy atom. The molecule has 5 unspecified atom stereocenters. The summed E-state index contributed by atoms with van der Waals surface area (Å²) >= 11 is 0. The molecule has 76 heavy (non-hydrogen) atoms. The van der Waals surface area contributed by atoms with Gasteiger partial charge in [-0.1, -0.05) is 0 Å². The zero-order valence-electron chi connectivity index (χ0n) is 47.6. The third-order valence-electron chi connectivity index (χ3n) is 10.5. The molecule has 1 aliphatic carbocycles. The Hall–Kier alpha value is -5.38. The van der Waals surface area contributed by atoms with Crippen LogP contribution < -0.4 is 21.3 Å². The summed E-state index contributed by atoms with van der Waals surface area (Å²) in [5, 5.41) is 10.6. The minimum Gasteiger partial charge on any atom is -0.468 e. The van der Waals surface area contributed by atoms with Gasteiger partial charge in [-0.15, -0.1) is 0 Å². The van der Waals surface area contributed by atoms with Crippen LogP contribution in [0.5, 0.6) is 0 Å². The van der Waals surface area contributed by atoms with Gasteiger partial charge >= 0.3 is 42.4 Å². The number of rotatable bonds is 14. The fourth-order valence-corrected chi connectivity index (χ4v) is 8.68. The number of amides is 5. The van der Waals surface area contributed by atoms with Crippen LogP contribution in [0.4, 0.5) is 24.0 Å². The summed E-state index contributed by atoms with van der Waals surface area (Å²) in [6.45, 7) is 27.6. The molecule has 27 heteroatoms. The quantitative estimate of drug-likeness (QED) is 0.0988. The van der Waals surface area contributed by atoms with E-state index in [2.05, 4.69) is 21.3 Å². The average molecular weight is 1110 g/mol. The number of esters is 2. The maximum atomic E-state index is 14.1. The summed E-state index contributed by atoms with van der Waals surface area (Å²) in [6.07, 6.45) is -16.7. The number of likely N-dealkylation sites (N-methyl/N-ethyl adjacent to an activating group) is 1. The molecule has 0 aromatic carbocycles. The Kier molecular flexibility index (Phi) is 21.7. The summed E-state index contributed by atoms with van der Waals surface area (Å²) in [5.74, 6) is -1.89. The van der Waals surface area contributed by atoms with E-state index in [0.29, 0.717) is 11.8 Å². The van der Waals surface area contributed by atoms with Crippen LogP contribution in [0.2, 0.25) is 0 Å². The molecule has 436 valence electrons. The molecule has 0 spiro atoms. The van der Waals surface area contributed by atoms with E-state index < -0.39 is 154 Å². The number of hydrogen-bond donors (Lipinski definition) is 4. The first kappa shape index (κ1) is 64.9. The van der Waals surface area contributed by atoms with Crippen molar-refractivity contribution in [1.82, 2.24) is 26.2 Å². The van der Waals surface area contributed by atoms with Gasteiger partial charge in [0.25, 0.3) is 10.1 Å². The molecule has 12 atom stereocenters. The minimum atomic E-state index is -4.72. The van der Waals surface area contributed by atoms with Crippen molar-refractivity contribution in [1.29, 1.82) is 0 Å². The summed E-state index contributed by atoms with van der Waals surface area (Å²) < 4.78 is 99.0. The number of nitrogens with one attached hydrogen (secondary N) is 4. The van der Waals surface area contributed by atoms with Gasteiger partial charge in [-0.05, 0) is 129 Å². The molecule has 0 aromatic rings. The van der Waals surface area contributed by atoms with Gasteiger partial charge < -0.3 is 78.3 Å². The van der Waals surface area contributed by atoms with Gasteiger partial charge in [0.2, 0.25) is 6.29 Å². The molecule has 0 aromatic heterocycles. The highest BCUT2D eigenvalue weighted by atomic mass is 32.2. The molecule has 3 aliphatic rings. The van der Waals surface area contributed by atoms with Gasteiger partial charge in [-0.3, -0.25) is 13.8 Å². The monoisotopic (exact) mass is 1110 g/mol. The standard InChI is InChI=1S/C49H83N5O21S/c1-25-24-64-39(36(66-27(3)56)32(25)54(19)44(61)74-49(16,17)18)69-35-31(53-43(60)73-48(13,14)15)33(65-26(2)55)30(52-42(59)72-47(10,11)12)34(37(35)75-76(20,62)63)68-38-29(51-41(58)71-46(7,8)9)22-21-28(67-38)23-50-40(57)70-45(4,5)6/h24,28-39H,21-23H2,1-20H3,(H,50,57)(H,51,58)(H,52,59)(H,53,60)/t28-,29?,30-,31+,32-,33?,34?,35+,36?,37?,38-,39-/m0/s1. The van der Waals surface area contributed by atoms with Crippen molar-refractivity contribution in [2.75, 3.05) is 19.8 Å². The van der Waals surface area contributed by atoms with Crippen LogP contribution in [0.1, 0.15) is 137 Å². The molecular formula is C49H83N5O21S. The molecule has 2 fully saturated rings. The lowest BCUT2D eigenvalue weighted by Crippen LogP contribution is -2.75. The van der Waals surface area contributed by atoms with Gasteiger partial charge in [0.15, 0.2) is 12.4 Å². The number of hydrogen-bond acceptors (Lipinski definition) is 21. The molecule has 2 aliphatic heterocycles. The fourth-order valence-electron chi connectivity index (χ4n) is 8.06. The Labute approximate surface area is 446 Å².